The Morgan fingerprint density at radius 1 is 1.31 bits per heavy atom. The van der Waals surface area contributed by atoms with E-state index in [1.54, 1.807) is 19.2 Å². The van der Waals surface area contributed by atoms with Crippen molar-refractivity contribution in [3.63, 3.8) is 0 Å². The largest absolute Gasteiger partial charge is 0.489 e. The lowest BCUT2D eigenvalue weighted by atomic mass is 10.2. The summed E-state index contributed by atoms with van der Waals surface area (Å²) in [6, 6.07) is 7.44. The van der Waals surface area contributed by atoms with Crippen LogP contribution in [0.15, 0.2) is 46.1 Å². The molecule has 3 rings (SSSR count). The topological polar surface area (TPSA) is 97.3 Å². The van der Waals surface area contributed by atoms with E-state index < -0.39 is 17.1 Å². The molecule has 0 radical (unpaired) electrons. The normalized spacial score (nSPS) is 10.9. The summed E-state index contributed by atoms with van der Waals surface area (Å²) in [5, 5.41) is 0.167. The monoisotopic (exact) mass is 400 g/mol. The van der Waals surface area contributed by atoms with E-state index in [1.807, 2.05) is 6.92 Å². The highest BCUT2D eigenvalue weighted by atomic mass is 19.1. The summed E-state index contributed by atoms with van der Waals surface area (Å²) in [6.45, 7) is 2.61. The van der Waals surface area contributed by atoms with Gasteiger partial charge < -0.3 is 9.64 Å². The van der Waals surface area contributed by atoms with Gasteiger partial charge in [0.15, 0.2) is 11.6 Å². The van der Waals surface area contributed by atoms with E-state index in [4.69, 9.17) is 4.74 Å². The van der Waals surface area contributed by atoms with Gasteiger partial charge in [-0.15, -0.1) is 0 Å². The predicted octanol–water partition coefficient (Wildman–Crippen LogP) is 1.78. The molecule has 2 aromatic heterocycles. The van der Waals surface area contributed by atoms with Gasteiger partial charge in [-0.1, -0.05) is 19.1 Å². The number of benzene rings is 1. The molecule has 3 aromatic rings. The highest BCUT2D eigenvalue weighted by molar-refractivity contribution is 5.96. The van der Waals surface area contributed by atoms with Crippen LogP contribution in [0.2, 0.25) is 0 Å². The van der Waals surface area contributed by atoms with Crippen molar-refractivity contribution in [1.29, 1.82) is 0 Å². The first-order chi connectivity index (χ1) is 13.9. The quantitative estimate of drug-likeness (QED) is 0.652. The maximum atomic E-state index is 13.6. The zero-order valence-electron chi connectivity index (χ0n) is 16.1. The van der Waals surface area contributed by atoms with Gasteiger partial charge in [-0.3, -0.25) is 19.1 Å². The second-order valence-corrected chi connectivity index (χ2v) is 6.51. The molecule has 9 heteroatoms. The van der Waals surface area contributed by atoms with E-state index in [0.717, 1.165) is 0 Å². The van der Waals surface area contributed by atoms with Gasteiger partial charge in [0.05, 0.1) is 17.5 Å². The fourth-order valence-corrected chi connectivity index (χ4v) is 2.89. The molecule has 0 aliphatic heterocycles. The van der Waals surface area contributed by atoms with E-state index in [-0.39, 0.29) is 41.4 Å². The Labute approximate surface area is 165 Å². The Morgan fingerprint density at radius 2 is 2.07 bits per heavy atom. The van der Waals surface area contributed by atoms with E-state index in [9.17, 15) is 18.8 Å². The number of aromatic nitrogens is 3. The fraction of sp³-hybridized carbons (Fsp3) is 0.300. The fourth-order valence-electron chi connectivity index (χ4n) is 2.89. The summed E-state index contributed by atoms with van der Waals surface area (Å²) >= 11 is 0. The molecule has 1 amide bonds. The molecule has 1 aromatic carbocycles. The second kappa shape index (κ2) is 8.68. The molecule has 0 spiro atoms. The van der Waals surface area contributed by atoms with Crippen LogP contribution in [-0.2, 0) is 6.54 Å². The van der Waals surface area contributed by atoms with Crippen molar-refractivity contribution in [3.05, 3.63) is 68.7 Å². The zero-order valence-corrected chi connectivity index (χ0v) is 16.1. The van der Waals surface area contributed by atoms with Crippen LogP contribution in [-0.4, -0.2) is 45.5 Å². The number of para-hydroxylation sites is 1. The molecule has 29 heavy (non-hydrogen) atoms. The third-order valence-corrected chi connectivity index (χ3v) is 4.39. The van der Waals surface area contributed by atoms with Gasteiger partial charge in [-0.25, -0.2) is 14.2 Å². The number of fused-ring (bicyclic) bond motifs is 1. The molecule has 0 saturated heterocycles. The molecule has 152 valence electrons. The first-order valence-corrected chi connectivity index (χ1v) is 9.18. The Balaban J connectivity index is 1.77. The van der Waals surface area contributed by atoms with Crippen molar-refractivity contribution in [1.82, 2.24) is 19.4 Å². The molecule has 0 fully saturated rings. The van der Waals surface area contributed by atoms with Crippen LogP contribution < -0.4 is 16.0 Å². The Kier molecular flexibility index (Phi) is 6.06. The van der Waals surface area contributed by atoms with Crippen LogP contribution in [0.1, 0.15) is 23.7 Å². The summed E-state index contributed by atoms with van der Waals surface area (Å²) in [4.78, 5) is 44.6. The number of aryl methyl sites for hydroxylation is 1. The molecule has 2 heterocycles. The maximum Gasteiger partial charge on any atom is 0.329 e. The lowest BCUT2D eigenvalue weighted by Crippen LogP contribution is -2.33. The predicted molar refractivity (Wildman–Crippen MR) is 106 cm³/mol. The number of hydrogen-bond donors (Lipinski definition) is 1. The average Bonchev–Trinajstić information content (AvgIpc) is 2.71. The van der Waals surface area contributed by atoms with E-state index in [2.05, 4.69) is 9.97 Å². The number of likely N-dealkylation sites (N-methyl/N-ethyl adjacent to an activating group) is 1. The molecule has 0 bridgehead atoms. The van der Waals surface area contributed by atoms with E-state index in [1.165, 1.54) is 33.9 Å². The van der Waals surface area contributed by atoms with Crippen LogP contribution >= 0.6 is 0 Å². The lowest BCUT2D eigenvalue weighted by Gasteiger charge is -2.18. The Morgan fingerprint density at radius 3 is 2.79 bits per heavy atom. The van der Waals surface area contributed by atoms with Crippen molar-refractivity contribution >= 4 is 16.9 Å². The number of nitrogens with one attached hydrogen (secondary N) is 1. The minimum absolute atomic E-state index is 0.0980. The van der Waals surface area contributed by atoms with Gasteiger partial charge in [-0.05, 0) is 24.6 Å². The van der Waals surface area contributed by atoms with Gasteiger partial charge in [0.2, 0.25) is 0 Å². The lowest BCUT2D eigenvalue weighted by molar-refractivity contribution is 0.0772. The molecular formula is C20H21FN4O4. The highest BCUT2D eigenvalue weighted by Crippen LogP contribution is 2.15. The second-order valence-electron chi connectivity index (χ2n) is 6.51. The van der Waals surface area contributed by atoms with Crippen LogP contribution in [0, 0.1) is 5.82 Å². The summed E-state index contributed by atoms with van der Waals surface area (Å²) in [7, 11) is 1.57. The smallest absolute Gasteiger partial charge is 0.329 e. The highest BCUT2D eigenvalue weighted by Gasteiger charge is 2.16. The number of carbonyl (C=O) groups excluding carboxylic acids is 1. The first kappa shape index (κ1) is 20.2. The van der Waals surface area contributed by atoms with Crippen LogP contribution in [0.25, 0.3) is 11.0 Å². The molecule has 0 saturated carbocycles. The standard InChI is InChI=1S/C20H21FN4O4/c1-3-8-25-17-14(18(26)23-20(25)28)11-13(12-22-17)19(27)24(2)9-10-29-16-7-5-4-6-15(16)21/h4-7,11-12H,3,8-10H2,1-2H3,(H,23,26,28). The molecule has 0 unspecified atom stereocenters. The van der Waals surface area contributed by atoms with Gasteiger partial charge in [0, 0.05) is 19.8 Å². The minimum Gasteiger partial charge on any atom is -0.489 e. The number of carbonyl (C=O) groups is 1. The van der Waals surface area contributed by atoms with Crippen molar-refractivity contribution in [2.24, 2.45) is 0 Å². The molecule has 0 aliphatic carbocycles. The van der Waals surface area contributed by atoms with Crippen molar-refractivity contribution < 1.29 is 13.9 Å². The molecule has 0 aliphatic rings. The van der Waals surface area contributed by atoms with Crippen LogP contribution in [0.3, 0.4) is 0 Å². The summed E-state index contributed by atoms with van der Waals surface area (Å²) in [6.07, 6.45) is 2.03. The van der Waals surface area contributed by atoms with Crippen LogP contribution in [0.5, 0.6) is 5.75 Å². The number of hydrogen-bond acceptors (Lipinski definition) is 5. The third kappa shape index (κ3) is 4.34. The van der Waals surface area contributed by atoms with Crippen molar-refractivity contribution in [2.45, 2.75) is 19.9 Å². The first-order valence-electron chi connectivity index (χ1n) is 9.18. The minimum atomic E-state index is -0.593. The number of pyridine rings is 1. The number of ether oxygens (including phenoxy) is 1. The maximum absolute atomic E-state index is 13.6. The number of amides is 1. The van der Waals surface area contributed by atoms with Gasteiger partial charge in [0.1, 0.15) is 12.3 Å². The molecule has 1 N–H and O–H groups in total. The SMILES string of the molecule is CCCn1c(=O)[nH]c(=O)c2cc(C(=O)N(C)CCOc3ccccc3F)cnc21. The van der Waals surface area contributed by atoms with Crippen molar-refractivity contribution in [2.75, 3.05) is 20.2 Å². The Bertz CT molecular complexity index is 1160. The van der Waals surface area contributed by atoms with Crippen LogP contribution in [0.4, 0.5) is 4.39 Å². The Hall–Kier alpha value is -3.49. The number of aromatic amines is 1. The van der Waals surface area contributed by atoms with Gasteiger partial charge in [0.25, 0.3) is 11.5 Å². The zero-order chi connectivity index (χ0) is 21.0. The molecule has 8 nitrogen and oxygen atoms in total. The number of H-pyrrole nitrogens is 1. The number of halogens is 1. The van der Waals surface area contributed by atoms with E-state index in [0.29, 0.717) is 13.0 Å². The van der Waals surface area contributed by atoms with Gasteiger partial charge in [-0.2, -0.15) is 0 Å². The molecule has 0 atom stereocenters. The third-order valence-electron chi connectivity index (χ3n) is 4.39. The summed E-state index contributed by atoms with van der Waals surface area (Å²) in [5.74, 6) is -0.733. The van der Waals surface area contributed by atoms with Crippen molar-refractivity contribution in [3.8, 4) is 5.75 Å². The van der Waals surface area contributed by atoms with E-state index >= 15 is 0 Å². The summed E-state index contributed by atoms with van der Waals surface area (Å²) < 4.78 is 20.3. The number of rotatable bonds is 7. The van der Waals surface area contributed by atoms with Gasteiger partial charge >= 0.3 is 5.69 Å². The summed E-state index contributed by atoms with van der Waals surface area (Å²) in [5.41, 5.74) is -0.677. The average molecular weight is 400 g/mol. The molecular weight excluding hydrogens is 379 g/mol. The number of nitrogens with zero attached hydrogens (tertiary/aromatic N) is 3.